The Bertz CT molecular complexity index is 1070. The lowest BCUT2D eigenvalue weighted by atomic mass is 10.0. The van der Waals surface area contributed by atoms with E-state index in [9.17, 15) is 8.42 Å². The molecule has 7 heteroatoms. The average molecular weight is 336 g/mol. The fourth-order valence-electron chi connectivity index (χ4n) is 2.47. The summed E-state index contributed by atoms with van der Waals surface area (Å²) in [6.45, 7) is 1.86. The lowest BCUT2D eigenvalue weighted by Crippen LogP contribution is -2.13. The second-order valence-electron chi connectivity index (χ2n) is 5.20. The predicted octanol–water partition coefficient (Wildman–Crippen LogP) is 3.02. The fourth-order valence-corrected chi connectivity index (χ4v) is 3.59. The van der Waals surface area contributed by atoms with E-state index in [1.807, 2.05) is 13.0 Å². The molecule has 2 aromatic carbocycles. The monoisotopic (exact) mass is 336 g/mol. The van der Waals surface area contributed by atoms with E-state index in [0.717, 1.165) is 5.56 Å². The molecule has 0 aromatic heterocycles. The Balaban J connectivity index is 2.07. The number of benzene rings is 2. The zero-order valence-corrected chi connectivity index (χ0v) is 13.5. The SMILES string of the molecule is Cc1ccc(NS(=O)(=O)c2cccc(C#N)c2)c2c1C(=C=N)C=N2. The van der Waals surface area contributed by atoms with Crippen LogP contribution < -0.4 is 4.72 Å². The average Bonchev–Trinajstić information content (AvgIpc) is 3.02. The number of nitriles is 1. The lowest BCUT2D eigenvalue weighted by molar-refractivity contribution is 0.601. The van der Waals surface area contributed by atoms with Gasteiger partial charge in [0.15, 0.2) is 0 Å². The molecular weight excluding hydrogens is 324 g/mol. The summed E-state index contributed by atoms with van der Waals surface area (Å²) in [5.74, 6) is 2.30. The molecular formula is C17H12N4O2S. The third kappa shape index (κ3) is 2.61. The minimum absolute atomic E-state index is 0.000621. The number of aliphatic imine (C=N–C) groups is 1. The van der Waals surface area contributed by atoms with Crippen molar-refractivity contribution in [2.45, 2.75) is 11.8 Å². The molecule has 3 rings (SSSR count). The van der Waals surface area contributed by atoms with Crippen LogP contribution in [-0.4, -0.2) is 20.5 Å². The summed E-state index contributed by atoms with van der Waals surface area (Å²) in [5, 5.41) is 16.2. The van der Waals surface area contributed by atoms with Crippen molar-refractivity contribution in [1.29, 1.82) is 10.7 Å². The molecule has 0 spiro atoms. The maximum Gasteiger partial charge on any atom is 0.262 e. The van der Waals surface area contributed by atoms with Crippen LogP contribution in [0.1, 0.15) is 16.7 Å². The number of aryl methyl sites for hydroxylation is 1. The van der Waals surface area contributed by atoms with Crippen LogP contribution in [0.25, 0.3) is 5.57 Å². The zero-order chi connectivity index (χ0) is 17.3. The number of sulfonamides is 1. The van der Waals surface area contributed by atoms with Crippen molar-refractivity contribution in [3.8, 4) is 6.07 Å². The van der Waals surface area contributed by atoms with Gasteiger partial charge >= 0.3 is 0 Å². The van der Waals surface area contributed by atoms with Gasteiger partial charge in [0.05, 0.1) is 33.5 Å². The van der Waals surface area contributed by atoms with Gasteiger partial charge in [-0.25, -0.2) is 8.42 Å². The zero-order valence-electron chi connectivity index (χ0n) is 12.7. The van der Waals surface area contributed by atoms with E-state index >= 15 is 0 Å². The number of fused-ring (bicyclic) bond motifs is 1. The molecule has 6 nitrogen and oxygen atoms in total. The molecule has 1 aliphatic rings. The number of nitrogens with one attached hydrogen (secondary N) is 2. The number of hydrogen-bond acceptors (Lipinski definition) is 5. The maximum absolute atomic E-state index is 12.6. The number of nitrogens with zero attached hydrogens (tertiary/aromatic N) is 2. The molecule has 0 radical (unpaired) electrons. The normalized spacial score (nSPS) is 12.4. The third-order valence-electron chi connectivity index (χ3n) is 3.63. The van der Waals surface area contributed by atoms with Gasteiger partial charge in [-0.15, -0.1) is 0 Å². The molecule has 0 aliphatic carbocycles. The molecule has 1 aliphatic heterocycles. The summed E-state index contributed by atoms with van der Waals surface area (Å²) in [6.07, 6.45) is 1.48. The van der Waals surface area contributed by atoms with E-state index < -0.39 is 10.0 Å². The van der Waals surface area contributed by atoms with Gasteiger partial charge in [0.2, 0.25) is 0 Å². The predicted molar refractivity (Wildman–Crippen MR) is 92.4 cm³/mol. The van der Waals surface area contributed by atoms with E-state index in [-0.39, 0.29) is 10.5 Å². The van der Waals surface area contributed by atoms with Crippen molar-refractivity contribution in [3.05, 3.63) is 53.1 Å². The topological polar surface area (TPSA) is 106 Å². The van der Waals surface area contributed by atoms with Crippen LogP contribution in [-0.2, 0) is 10.0 Å². The summed E-state index contributed by atoms with van der Waals surface area (Å²) in [4.78, 5) is 4.20. The largest absolute Gasteiger partial charge is 0.277 e. The molecule has 0 fully saturated rings. The van der Waals surface area contributed by atoms with Gasteiger partial charge < -0.3 is 0 Å². The number of anilines is 1. The fraction of sp³-hybridized carbons (Fsp3) is 0.0588. The molecule has 2 N–H and O–H groups in total. The third-order valence-corrected chi connectivity index (χ3v) is 4.99. The Morgan fingerprint density at radius 2 is 2.04 bits per heavy atom. The van der Waals surface area contributed by atoms with Crippen LogP contribution >= 0.6 is 0 Å². The van der Waals surface area contributed by atoms with Crippen LogP contribution in [0, 0.1) is 23.7 Å². The molecule has 0 amide bonds. The van der Waals surface area contributed by atoms with Crippen molar-refractivity contribution in [2.24, 2.45) is 4.99 Å². The van der Waals surface area contributed by atoms with Gasteiger partial charge in [-0.3, -0.25) is 15.1 Å². The molecule has 0 bridgehead atoms. The smallest absolute Gasteiger partial charge is 0.262 e. The first kappa shape index (κ1) is 15.7. The number of allylic oxidation sites excluding steroid dienone is 1. The van der Waals surface area contributed by atoms with Gasteiger partial charge in [-0.1, -0.05) is 12.1 Å². The quantitative estimate of drug-likeness (QED) is 0.841. The van der Waals surface area contributed by atoms with Crippen molar-refractivity contribution in [2.75, 3.05) is 4.72 Å². The van der Waals surface area contributed by atoms with Crippen LogP contribution in [0.4, 0.5) is 11.4 Å². The summed E-state index contributed by atoms with van der Waals surface area (Å²) in [6, 6.07) is 11.1. The highest BCUT2D eigenvalue weighted by molar-refractivity contribution is 7.92. The van der Waals surface area contributed by atoms with E-state index in [2.05, 4.69) is 15.6 Å². The van der Waals surface area contributed by atoms with Crippen LogP contribution in [0.2, 0.25) is 0 Å². The molecule has 0 atom stereocenters. The number of hydrogen-bond donors (Lipinski definition) is 2. The van der Waals surface area contributed by atoms with Gasteiger partial charge in [0.25, 0.3) is 10.0 Å². The van der Waals surface area contributed by atoms with Gasteiger partial charge in [0.1, 0.15) is 0 Å². The highest BCUT2D eigenvalue weighted by atomic mass is 32.2. The van der Waals surface area contributed by atoms with Gasteiger partial charge in [-0.2, -0.15) is 5.26 Å². The number of rotatable bonds is 3. The molecule has 2 aromatic rings. The highest BCUT2D eigenvalue weighted by Crippen LogP contribution is 2.40. The van der Waals surface area contributed by atoms with Crippen LogP contribution in [0.3, 0.4) is 0 Å². The van der Waals surface area contributed by atoms with Crippen molar-refractivity contribution in [3.63, 3.8) is 0 Å². The Kier molecular flexibility index (Phi) is 3.78. The van der Waals surface area contributed by atoms with E-state index in [1.54, 1.807) is 12.1 Å². The Hall–Kier alpha value is -3.20. The van der Waals surface area contributed by atoms with Gasteiger partial charge in [-0.05, 0) is 42.6 Å². The Morgan fingerprint density at radius 3 is 2.75 bits per heavy atom. The van der Waals surface area contributed by atoms with E-state index in [1.165, 1.54) is 30.5 Å². The summed E-state index contributed by atoms with van der Waals surface area (Å²) in [7, 11) is -3.86. The first-order valence-corrected chi connectivity index (χ1v) is 8.45. The molecule has 24 heavy (non-hydrogen) atoms. The first-order chi connectivity index (χ1) is 11.5. The summed E-state index contributed by atoms with van der Waals surface area (Å²) in [5.41, 5.74) is 3.13. The van der Waals surface area contributed by atoms with Gasteiger partial charge in [0, 0.05) is 11.8 Å². The Morgan fingerprint density at radius 1 is 1.25 bits per heavy atom. The summed E-state index contributed by atoms with van der Waals surface area (Å²) >= 11 is 0. The summed E-state index contributed by atoms with van der Waals surface area (Å²) < 4.78 is 27.7. The molecule has 118 valence electrons. The second-order valence-corrected chi connectivity index (χ2v) is 6.88. The second kappa shape index (κ2) is 5.78. The Labute approximate surface area is 139 Å². The minimum atomic E-state index is -3.86. The van der Waals surface area contributed by atoms with Crippen LogP contribution in [0.15, 0.2) is 46.3 Å². The maximum atomic E-state index is 12.6. The standard InChI is InChI=1S/C17H12N4O2S/c1-11-5-6-15(17-16(11)13(9-19)10-20-17)21-24(22,23)14-4-2-3-12(7-14)8-18/h2-7,10,19,21H,1H3. The molecule has 0 unspecified atom stereocenters. The van der Waals surface area contributed by atoms with Crippen molar-refractivity contribution in [1.82, 2.24) is 0 Å². The lowest BCUT2D eigenvalue weighted by Gasteiger charge is -2.12. The van der Waals surface area contributed by atoms with Crippen LogP contribution in [0.5, 0.6) is 0 Å². The molecule has 0 saturated heterocycles. The highest BCUT2D eigenvalue weighted by Gasteiger charge is 2.22. The van der Waals surface area contributed by atoms with E-state index in [0.29, 0.717) is 22.5 Å². The minimum Gasteiger partial charge on any atom is -0.277 e. The van der Waals surface area contributed by atoms with Crippen molar-refractivity contribution >= 4 is 39.1 Å². The van der Waals surface area contributed by atoms with Crippen molar-refractivity contribution < 1.29 is 8.42 Å². The first-order valence-electron chi connectivity index (χ1n) is 6.97. The molecule has 1 heterocycles. The molecule has 0 saturated carbocycles. The van der Waals surface area contributed by atoms with E-state index in [4.69, 9.17) is 10.7 Å².